The molecule has 22 heavy (non-hydrogen) atoms. The van der Waals surface area contributed by atoms with Gasteiger partial charge in [0, 0.05) is 12.2 Å². The van der Waals surface area contributed by atoms with Gasteiger partial charge in [-0.25, -0.2) is 0 Å². The molecule has 0 aromatic heterocycles. The van der Waals surface area contributed by atoms with E-state index in [0.717, 1.165) is 0 Å². The molecule has 1 aliphatic heterocycles. The summed E-state index contributed by atoms with van der Waals surface area (Å²) in [6.07, 6.45) is 0.478. The van der Waals surface area contributed by atoms with E-state index in [1.807, 2.05) is 6.07 Å². The second-order valence-electron chi connectivity index (χ2n) is 5.64. The van der Waals surface area contributed by atoms with E-state index < -0.39 is 17.4 Å². The van der Waals surface area contributed by atoms with E-state index in [1.165, 1.54) is 13.8 Å². The van der Waals surface area contributed by atoms with Crippen molar-refractivity contribution in [3.05, 3.63) is 28.2 Å². The van der Waals surface area contributed by atoms with Gasteiger partial charge in [0.25, 0.3) is 0 Å². The van der Waals surface area contributed by atoms with Crippen molar-refractivity contribution in [1.29, 1.82) is 5.26 Å². The molecule has 0 bridgehead atoms. The second-order valence-corrected chi connectivity index (χ2v) is 6.45. The molecule has 1 aliphatic rings. The van der Waals surface area contributed by atoms with Crippen LogP contribution in [0.15, 0.2) is 18.2 Å². The summed E-state index contributed by atoms with van der Waals surface area (Å²) in [5.74, 6) is -0.676. The van der Waals surface area contributed by atoms with E-state index in [1.54, 1.807) is 23.1 Å². The fourth-order valence-corrected chi connectivity index (χ4v) is 2.40. The molecule has 1 fully saturated rings. The summed E-state index contributed by atoms with van der Waals surface area (Å²) < 4.78 is 0. The van der Waals surface area contributed by atoms with Crippen LogP contribution < -0.4 is 10.2 Å². The maximum atomic E-state index is 12.4. The van der Waals surface area contributed by atoms with Gasteiger partial charge in [0.2, 0.25) is 11.8 Å². The molecule has 0 saturated carbocycles. The molecule has 1 saturated heterocycles. The molecule has 1 N–H and O–H groups in total. The maximum absolute atomic E-state index is 12.4. The zero-order chi connectivity index (χ0) is 16.5. The zero-order valence-corrected chi connectivity index (χ0v) is 13.7. The largest absolute Gasteiger partial charge is 0.343 e. The fraction of sp³-hybridized carbons (Fsp3) is 0.400. The minimum absolute atomic E-state index is 0.222. The first-order valence-electron chi connectivity index (χ1n) is 6.75. The Hall–Kier alpha value is -1.77. The van der Waals surface area contributed by atoms with Crippen LogP contribution in [0.4, 0.5) is 5.69 Å². The SMILES string of the molecule is CC(C)(C#N)C(=O)NC1CCN(c2ccc(Cl)c(Cl)c2)C1=O. The van der Waals surface area contributed by atoms with Crippen molar-refractivity contribution in [2.24, 2.45) is 5.41 Å². The van der Waals surface area contributed by atoms with Crippen LogP contribution in [-0.2, 0) is 9.59 Å². The van der Waals surface area contributed by atoms with Crippen LogP contribution in [0.5, 0.6) is 0 Å². The highest BCUT2D eigenvalue weighted by Crippen LogP contribution is 2.29. The number of halogens is 2. The summed E-state index contributed by atoms with van der Waals surface area (Å²) >= 11 is 11.8. The lowest BCUT2D eigenvalue weighted by molar-refractivity contribution is -0.130. The molecular formula is C15H15Cl2N3O2. The first-order chi connectivity index (χ1) is 10.3. The Labute approximate surface area is 138 Å². The summed E-state index contributed by atoms with van der Waals surface area (Å²) in [5.41, 5.74) is -0.534. The van der Waals surface area contributed by atoms with Gasteiger partial charge in [0.15, 0.2) is 0 Å². The zero-order valence-electron chi connectivity index (χ0n) is 12.2. The molecule has 1 atom stereocenters. The lowest BCUT2D eigenvalue weighted by Crippen LogP contribution is -2.46. The predicted octanol–water partition coefficient (Wildman–Crippen LogP) is 2.76. The van der Waals surface area contributed by atoms with Gasteiger partial charge in [0.1, 0.15) is 11.5 Å². The highest BCUT2D eigenvalue weighted by molar-refractivity contribution is 6.42. The van der Waals surface area contributed by atoms with Crippen LogP contribution in [0.3, 0.4) is 0 Å². The first-order valence-corrected chi connectivity index (χ1v) is 7.50. The van der Waals surface area contributed by atoms with Gasteiger partial charge >= 0.3 is 0 Å². The minimum atomic E-state index is -1.17. The molecule has 1 heterocycles. The first kappa shape index (κ1) is 16.6. The summed E-state index contributed by atoms with van der Waals surface area (Å²) in [5, 5.41) is 12.4. The standard InChI is InChI=1S/C15H15Cl2N3O2/c1-15(2,8-18)14(22)19-12-5-6-20(13(12)21)9-3-4-10(16)11(17)7-9/h3-4,7,12H,5-6H2,1-2H3,(H,19,22). The van der Waals surface area contributed by atoms with Gasteiger partial charge in [-0.2, -0.15) is 5.26 Å². The molecule has 116 valence electrons. The monoisotopic (exact) mass is 339 g/mol. The molecule has 0 radical (unpaired) electrons. The number of nitrogens with one attached hydrogen (secondary N) is 1. The van der Waals surface area contributed by atoms with E-state index in [4.69, 9.17) is 28.5 Å². The number of nitrogens with zero attached hydrogens (tertiary/aromatic N) is 2. The highest BCUT2D eigenvalue weighted by Gasteiger charge is 2.37. The lowest BCUT2D eigenvalue weighted by Gasteiger charge is -2.20. The number of hydrogen-bond acceptors (Lipinski definition) is 3. The van der Waals surface area contributed by atoms with Crippen LogP contribution in [0.2, 0.25) is 10.0 Å². The third-order valence-electron chi connectivity index (χ3n) is 3.57. The van der Waals surface area contributed by atoms with Crippen LogP contribution in [0.25, 0.3) is 0 Å². The number of amides is 2. The van der Waals surface area contributed by atoms with E-state index in [9.17, 15) is 9.59 Å². The van der Waals surface area contributed by atoms with Gasteiger partial charge in [0.05, 0.1) is 16.1 Å². The molecule has 1 unspecified atom stereocenters. The van der Waals surface area contributed by atoms with Crippen LogP contribution >= 0.6 is 23.2 Å². The smallest absolute Gasteiger partial charge is 0.249 e. The Kier molecular flexibility index (Phi) is 4.64. The molecule has 7 heteroatoms. The minimum Gasteiger partial charge on any atom is -0.343 e. The van der Waals surface area contributed by atoms with E-state index in [2.05, 4.69) is 5.32 Å². The summed E-state index contributed by atoms with van der Waals surface area (Å²) in [7, 11) is 0. The number of benzene rings is 1. The van der Waals surface area contributed by atoms with Crippen molar-refractivity contribution >= 4 is 40.7 Å². The van der Waals surface area contributed by atoms with Crippen LogP contribution in [0, 0.1) is 16.7 Å². The lowest BCUT2D eigenvalue weighted by atomic mass is 9.94. The Morgan fingerprint density at radius 2 is 2.09 bits per heavy atom. The van der Waals surface area contributed by atoms with Crippen molar-refractivity contribution in [2.45, 2.75) is 26.3 Å². The molecule has 2 amide bonds. The Bertz CT molecular complexity index is 667. The predicted molar refractivity (Wildman–Crippen MR) is 84.8 cm³/mol. The number of anilines is 1. The summed E-state index contributed by atoms with van der Waals surface area (Å²) in [6, 6.07) is 6.23. The van der Waals surface area contributed by atoms with Crippen LogP contribution in [-0.4, -0.2) is 24.4 Å². The van der Waals surface area contributed by atoms with Crippen molar-refractivity contribution in [1.82, 2.24) is 5.32 Å². The third-order valence-corrected chi connectivity index (χ3v) is 4.31. The highest BCUT2D eigenvalue weighted by atomic mass is 35.5. The third kappa shape index (κ3) is 3.18. The van der Waals surface area contributed by atoms with Crippen molar-refractivity contribution in [3.8, 4) is 6.07 Å². The topological polar surface area (TPSA) is 73.2 Å². The number of nitriles is 1. The molecular weight excluding hydrogens is 325 g/mol. The molecule has 1 aromatic rings. The number of rotatable bonds is 3. The van der Waals surface area contributed by atoms with E-state index in [-0.39, 0.29) is 5.91 Å². The van der Waals surface area contributed by atoms with Gasteiger partial charge in [-0.3, -0.25) is 9.59 Å². The average Bonchev–Trinajstić information content (AvgIpc) is 2.83. The summed E-state index contributed by atoms with van der Waals surface area (Å²) in [4.78, 5) is 25.9. The molecule has 1 aromatic carbocycles. The van der Waals surface area contributed by atoms with E-state index >= 15 is 0 Å². The quantitative estimate of drug-likeness (QED) is 0.920. The van der Waals surface area contributed by atoms with Crippen molar-refractivity contribution < 1.29 is 9.59 Å². The Morgan fingerprint density at radius 1 is 1.41 bits per heavy atom. The van der Waals surface area contributed by atoms with E-state index in [0.29, 0.717) is 28.7 Å². The molecule has 5 nitrogen and oxygen atoms in total. The van der Waals surface area contributed by atoms with Gasteiger partial charge in [-0.15, -0.1) is 0 Å². The van der Waals surface area contributed by atoms with Crippen molar-refractivity contribution in [3.63, 3.8) is 0 Å². The normalized spacial score (nSPS) is 18.2. The van der Waals surface area contributed by atoms with Gasteiger partial charge in [-0.05, 0) is 38.5 Å². The fourth-order valence-electron chi connectivity index (χ4n) is 2.11. The molecule has 0 aliphatic carbocycles. The summed E-state index contributed by atoms with van der Waals surface area (Å²) in [6.45, 7) is 3.49. The Morgan fingerprint density at radius 3 is 2.68 bits per heavy atom. The number of hydrogen-bond donors (Lipinski definition) is 1. The Balaban J connectivity index is 2.12. The van der Waals surface area contributed by atoms with Crippen LogP contribution in [0.1, 0.15) is 20.3 Å². The van der Waals surface area contributed by atoms with Crippen molar-refractivity contribution in [2.75, 3.05) is 11.4 Å². The second kappa shape index (κ2) is 6.15. The van der Waals surface area contributed by atoms with Gasteiger partial charge in [-0.1, -0.05) is 23.2 Å². The number of carbonyl (C=O) groups is 2. The molecule has 2 rings (SSSR count). The number of carbonyl (C=O) groups excluding carboxylic acids is 2. The average molecular weight is 340 g/mol. The van der Waals surface area contributed by atoms with Gasteiger partial charge < -0.3 is 10.2 Å². The maximum Gasteiger partial charge on any atom is 0.249 e. The molecule has 0 spiro atoms.